The highest BCUT2D eigenvalue weighted by atomic mass is 16.2. The van der Waals surface area contributed by atoms with E-state index in [2.05, 4.69) is 10.6 Å². The summed E-state index contributed by atoms with van der Waals surface area (Å²) in [6, 6.07) is 5.92. The molecule has 0 saturated heterocycles. The molecule has 2 fully saturated rings. The van der Waals surface area contributed by atoms with Crippen LogP contribution in [0.3, 0.4) is 0 Å². The Morgan fingerprint density at radius 2 is 1.84 bits per heavy atom. The van der Waals surface area contributed by atoms with Crippen LogP contribution in [-0.4, -0.2) is 23.9 Å². The molecule has 0 spiro atoms. The van der Waals surface area contributed by atoms with E-state index in [9.17, 15) is 9.59 Å². The van der Waals surface area contributed by atoms with Crippen LogP contribution < -0.4 is 16.4 Å². The van der Waals surface area contributed by atoms with Crippen molar-refractivity contribution >= 4 is 17.5 Å². The fraction of sp³-hybridized carbons (Fsp3) is 0.600. The van der Waals surface area contributed by atoms with E-state index in [1.54, 1.807) is 6.07 Å². The number of benzene rings is 1. The highest BCUT2D eigenvalue weighted by Crippen LogP contribution is 2.26. The fourth-order valence-electron chi connectivity index (χ4n) is 3.98. The summed E-state index contributed by atoms with van der Waals surface area (Å²) in [5.41, 5.74) is 8.33. The molecule has 0 aliphatic heterocycles. The molecule has 2 aliphatic rings. The molecular weight excluding hydrogens is 314 g/mol. The lowest BCUT2D eigenvalue weighted by atomic mass is 9.85. The van der Waals surface area contributed by atoms with Crippen molar-refractivity contribution in [2.45, 2.75) is 70.4 Å². The molecule has 2 saturated carbocycles. The standard InChI is InChI=1S/C20H29N3O2/c1-13-11-15(19(24)22-17-7-2-3-8-17)9-10-18(13)23-20(25)14-5-4-6-16(21)12-14/h9-11,14,16-17H,2-8,12,21H2,1H3,(H,22,24)(H,23,25). The number of nitrogens with one attached hydrogen (secondary N) is 2. The van der Waals surface area contributed by atoms with Crippen molar-refractivity contribution in [1.82, 2.24) is 5.32 Å². The highest BCUT2D eigenvalue weighted by Gasteiger charge is 2.25. The van der Waals surface area contributed by atoms with Gasteiger partial charge >= 0.3 is 0 Å². The number of nitrogens with two attached hydrogens (primary N) is 1. The molecule has 2 amide bonds. The minimum atomic E-state index is -0.0221. The molecule has 2 aliphatic carbocycles. The zero-order chi connectivity index (χ0) is 17.8. The summed E-state index contributed by atoms with van der Waals surface area (Å²) >= 11 is 0. The summed E-state index contributed by atoms with van der Waals surface area (Å²) < 4.78 is 0. The maximum atomic E-state index is 12.5. The predicted molar refractivity (Wildman–Crippen MR) is 99.5 cm³/mol. The van der Waals surface area contributed by atoms with Gasteiger partial charge in [0.15, 0.2) is 0 Å². The van der Waals surface area contributed by atoms with Crippen LogP contribution in [0.15, 0.2) is 18.2 Å². The number of carbonyl (C=O) groups excluding carboxylic acids is 2. The summed E-state index contributed by atoms with van der Waals surface area (Å²) in [7, 11) is 0. The Bertz CT molecular complexity index is 638. The second-order valence-corrected chi connectivity index (χ2v) is 7.60. The van der Waals surface area contributed by atoms with E-state index in [0.29, 0.717) is 11.6 Å². The average Bonchev–Trinajstić information content (AvgIpc) is 3.09. The summed E-state index contributed by atoms with van der Waals surface area (Å²) in [4.78, 5) is 24.8. The zero-order valence-corrected chi connectivity index (χ0v) is 15.0. The van der Waals surface area contributed by atoms with Gasteiger partial charge in [0.05, 0.1) is 0 Å². The maximum absolute atomic E-state index is 12.5. The van der Waals surface area contributed by atoms with Crippen LogP contribution in [0.4, 0.5) is 5.69 Å². The first-order valence-electron chi connectivity index (χ1n) is 9.51. The van der Waals surface area contributed by atoms with Gasteiger partial charge in [-0.05, 0) is 62.8 Å². The number of anilines is 1. The number of amides is 2. The SMILES string of the molecule is Cc1cc(C(=O)NC2CCCC2)ccc1NC(=O)C1CCCC(N)C1. The lowest BCUT2D eigenvalue weighted by Gasteiger charge is -2.26. The quantitative estimate of drug-likeness (QED) is 0.785. The molecule has 2 atom stereocenters. The van der Waals surface area contributed by atoms with Gasteiger partial charge in [-0.3, -0.25) is 9.59 Å². The van der Waals surface area contributed by atoms with Crippen molar-refractivity contribution in [2.24, 2.45) is 11.7 Å². The van der Waals surface area contributed by atoms with Gasteiger partial charge in [0.1, 0.15) is 0 Å². The molecule has 0 radical (unpaired) electrons. The molecular formula is C20H29N3O2. The molecule has 1 aromatic rings. The summed E-state index contributed by atoms with van der Waals surface area (Å²) in [6.45, 7) is 1.93. The van der Waals surface area contributed by atoms with Gasteiger partial charge in [-0.25, -0.2) is 0 Å². The van der Waals surface area contributed by atoms with E-state index in [1.807, 2.05) is 19.1 Å². The number of hydrogen-bond acceptors (Lipinski definition) is 3. The summed E-state index contributed by atoms with van der Waals surface area (Å²) in [5.74, 6) is 0.0148. The topological polar surface area (TPSA) is 84.2 Å². The highest BCUT2D eigenvalue weighted by molar-refractivity contribution is 5.97. The third-order valence-corrected chi connectivity index (χ3v) is 5.52. The second-order valence-electron chi connectivity index (χ2n) is 7.60. The Kier molecular flexibility index (Phi) is 5.74. The van der Waals surface area contributed by atoms with E-state index in [4.69, 9.17) is 5.73 Å². The second kappa shape index (κ2) is 8.00. The Balaban J connectivity index is 1.61. The monoisotopic (exact) mass is 343 g/mol. The number of carbonyl (C=O) groups is 2. The van der Waals surface area contributed by atoms with Gasteiger partial charge in [-0.2, -0.15) is 0 Å². The van der Waals surface area contributed by atoms with E-state index in [0.717, 1.165) is 49.8 Å². The molecule has 5 heteroatoms. The molecule has 0 aromatic heterocycles. The van der Waals surface area contributed by atoms with Crippen molar-refractivity contribution in [3.63, 3.8) is 0 Å². The molecule has 0 bridgehead atoms. The number of hydrogen-bond donors (Lipinski definition) is 3. The molecule has 136 valence electrons. The first-order valence-corrected chi connectivity index (χ1v) is 9.51. The van der Waals surface area contributed by atoms with E-state index >= 15 is 0 Å². The largest absolute Gasteiger partial charge is 0.349 e. The summed E-state index contributed by atoms with van der Waals surface area (Å²) in [5, 5.41) is 6.11. The Hall–Kier alpha value is -1.88. The molecule has 5 nitrogen and oxygen atoms in total. The third kappa shape index (κ3) is 4.60. The van der Waals surface area contributed by atoms with Crippen LogP contribution in [0.5, 0.6) is 0 Å². The van der Waals surface area contributed by atoms with Gasteiger partial charge in [0.25, 0.3) is 5.91 Å². The first-order chi connectivity index (χ1) is 12.0. The fourth-order valence-corrected chi connectivity index (χ4v) is 3.98. The van der Waals surface area contributed by atoms with Crippen molar-refractivity contribution in [1.29, 1.82) is 0 Å². The van der Waals surface area contributed by atoms with Crippen LogP contribution in [0.25, 0.3) is 0 Å². The van der Waals surface area contributed by atoms with Crippen molar-refractivity contribution < 1.29 is 9.59 Å². The molecule has 2 unspecified atom stereocenters. The molecule has 0 heterocycles. The van der Waals surface area contributed by atoms with E-state index in [-0.39, 0.29) is 23.8 Å². The van der Waals surface area contributed by atoms with Crippen molar-refractivity contribution in [3.8, 4) is 0 Å². The smallest absolute Gasteiger partial charge is 0.251 e. The number of aryl methyl sites for hydroxylation is 1. The van der Waals surface area contributed by atoms with Crippen LogP contribution in [-0.2, 0) is 4.79 Å². The molecule has 4 N–H and O–H groups in total. The minimum absolute atomic E-state index is 0.00603. The minimum Gasteiger partial charge on any atom is -0.349 e. The normalized spacial score (nSPS) is 24.1. The zero-order valence-electron chi connectivity index (χ0n) is 15.0. The third-order valence-electron chi connectivity index (χ3n) is 5.52. The van der Waals surface area contributed by atoms with Crippen LogP contribution in [0.2, 0.25) is 0 Å². The maximum Gasteiger partial charge on any atom is 0.251 e. The van der Waals surface area contributed by atoms with Gasteiger partial charge in [-0.1, -0.05) is 19.3 Å². The first kappa shape index (κ1) is 17.9. The molecule has 1 aromatic carbocycles. The van der Waals surface area contributed by atoms with E-state index < -0.39 is 0 Å². The Labute approximate surface area is 149 Å². The van der Waals surface area contributed by atoms with Crippen molar-refractivity contribution in [2.75, 3.05) is 5.32 Å². The Morgan fingerprint density at radius 1 is 1.08 bits per heavy atom. The van der Waals surface area contributed by atoms with Crippen molar-refractivity contribution in [3.05, 3.63) is 29.3 Å². The van der Waals surface area contributed by atoms with Gasteiger partial charge in [0.2, 0.25) is 5.91 Å². The summed E-state index contributed by atoms with van der Waals surface area (Å²) in [6.07, 6.45) is 8.21. The van der Waals surface area contributed by atoms with Crippen LogP contribution >= 0.6 is 0 Å². The van der Waals surface area contributed by atoms with Gasteiger partial charge in [0, 0.05) is 29.3 Å². The lowest BCUT2D eigenvalue weighted by molar-refractivity contribution is -0.120. The van der Waals surface area contributed by atoms with E-state index in [1.165, 1.54) is 12.8 Å². The molecule has 3 rings (SSSR count). The van der Waals surface area contributed by atoms with Gasteiger partial charge < -0.3 is 16.4 Å². The Morgan fingerprint density at radius 3 is 2.52 bits per heavy atom. The molecule has 25 heavy (non-hydrogen) atoms. The van der Waals surface area contributed by atoms with Crippen LogP contribution in [0, 0.1) is 12.8 Å². The average molecular weight is 343 g/mol. The number of rotatable bonds is 4. The predicted octanol–water partition coefficient (Wildman–Crippen LogP) is 3.12. The lowest BCUT2D eigenvalue weighted by Crippen LogP contribution is -2.34. The van der Waals surface area contributed by atoms with Crippen LogP contribution in [0.1, 0.15) is 67.3 Å². The van der Waals surface area contributed by atoms with Gasteiger partial charge in [-0.15, -0.1) is 0 Å².